The van der Waals surface area contributed by atoms with Crippen molar-refractivity contribution >= 4 is 0 Å². The molecule has 1 atom stereocenters. The Bertz CT molecular complexity index is 369. The van der Waals surface area contributed by atoms with E-state index in [1.807, 2.05) is 0 Å². The molecule has 1 unspecified atom stereocenters. The molecule has 0 amide bonds. The smallest absolute Gasteiger partial charge is 0.0343 e. The third-order valence-electron chi connectivity index (χ3n) is 4.53. The molecule has 1 heteroatoms. The van der Waals surface area contributed by atoms with Crippen molar-refractivity contribution in [2.45, 2.75) is 84.8 Å². The molecule has 114 valence electrons. The van der Waals surface area contributed by atoms with Gasteiger partial charge in [0.05, 0.1) is 0 Å². The van der Waals surface area contributed by atoms with Crippen LogP contribution in [0.3, 0.4) is 0 Å². The van der Waals surface area contributed by atoms with E-state index in [-0.39, 0.29) is 5.54 Å². The highest BCUT2D eigenvalue weighted by Gasteiger charge is 2.35. The number of rotatable bonds is 8. The van der Waals surface area contributed by atoms with Gasteiger partial charge in [0.15, 0.2) is 0 Å². The second kappa shape index (κ2) is 7.83. The lowest BCUT2D eigenvalue weighted by atomic mass is 9.89. The van der Waals surface area contributed by atoms with E-state index < -0.39 is 0 Å². The Morgan fingerprint density at radius 1 is 1.20 bits per heavy atom. The minimum Gasteiger partial charge on any atom is -0.285 e. The first-order valence-electron chi connectivity index (χ1n) is 8.29. The molecule has 0 N–H and O–H groups in total. The summed E-state index contributed by atoms with van der Waals surface area (Å²) >= 11 is 0. The van der Waals surface area contributed by atoms with Crippen LogP contribution < -0.4 is 0 Å². The fourth-order valence-electron chi connectivity index (χ4n) is 3.65. The van der Waals surface area contributed by atoms with Gasteiger partial charge in [0, 0.05) is 17.6 Å². The lowest BCUT2D eigenvalue weighted by molar-refractivity contribution is 0.0588. The average Bonchev–Trinajstić information content (AvgIpc) is 2.93. The van der Waals surface area contributed by atoms with Crippen LogP contribution in [0, 0.1) is 0 Å². The third-order valence-corrected chi connectivity index (χ3v) is 4.53. The largest absolute Gasteiger partial charge is 0.285 e. The van der Waals surface area contributed by atoms with E-state index in [4.69, 9.17) is 0 Å². The Kier molecular flexibility index (Phi) is 6.75. The van der Waals surface area contributed by atoms with Crippen LogP contribution >= 0.6 is 0 Å². The topological polar surface area (TPSA) is 3.24 Å². The van der Waals surface area contributed by atoms with Gasteiger partial charge in [-0.05, 0) is 52.0 Å². The first-order valence-corrected chi connectivity index (χ1v) is 8.29. The van der Waals surface area contributed by atoms with Crippen molar-refractivity contribution in [3.8, 4) is 0 Å². The second-order valence-electron chi connectivity index (χ2n) is 6.33. The van der Waals surface area contributed by atoms with E-state index in [2.05, 4.69) is 76.8 Å². The summed E-state index contributed by atoms with van der Waals surface area (Å²) in [5, 5.41) is 0. The van der Waals surface area contributed by atoms with Crippen LogP contribution in [0.25, 0.3) is 0 Å². The zero-order chi connectivity index (χ0) is 15.2. The molecule has 0 heterocycles. The molecule has 0 spiro atoms. The summed E-state index contributed by atoms with van der Waals surface area (Å²) in [6.07, 6.45) is 16.1. The van der Waals surface area contributed by atoms with Gasteiger partial charge in [-0.1, -0.05) is 51.2 Å². The van der Waals surface area contributed by atoms with Gasteiger partial charge in [0.2, 0.25) is 0 Å². The van der Waals surface area contributed by atoms with Crippen molar-refractivity contribution in [1.29, 1.82) is 0 Å². The first-order chi connectivity index (χ1) is 9.51. The normalized spacial score (nSPS) is 17.5. The Labute approximate surface area is 126 Å². The standard InChI is InChI=1S/C19H33N/c1-7-15-19(5,6)20(17(8-2)9-3)18(10-4)16-13-11-12-14-16/h7,11-13,15,17-18H,8-10,14H2,1-6H3/b15-7-. The molecule has 1 aliphatic carbocycles. The van der Waals surface area contributed by atoms with Crippen LogP contribution in [0.1, 0.15) is 67.2 Å². The summed E-state index contributed by atoms with van der Waals surface area (Å²) in [6, 6.07) is 1.20. The molecule has 1 nitrogen and oxygen atoms in total. The summed E-state index contributed by atoms with van der Waals surface area (Å²) in [5.74, 6) is 0. The van der Waals surface area contributed by atoms with Crippen molar-refractivity contribution < 1.29 is 0 Å². The molecule has 0 bridgehead atoms. The molecule has 0 aromatic carbocycles. The average molecular weight is 275 g/mol. The van der Waals surface area contributed by atoms with Gasteiger partial charge in [0.25, 0.3) is 0 Å². The molecular weight excluding hydrogens is 242 g/mol. The van der Waals surface area contributed by atoms with Gasteiger partial charge >= 0.3 is 0 Å². The lowest BCUT2D eigenvalue weighted by Crippen LogP contribution is -2.54. The van der Waals surface area contributed by atoms with Crippen molar-refractivity contribution in [3.05, 3.63) is 36.0 Å². The van der Waals surface area contributed by atoms with Gasteiger partial charge in [-0.2, -0.15) is 0 Å². The van der Waals surface area contributed by atoms with Crippen molar-refractivity contribution in [2.75, 3.05) is 0 Å². The number of nitrogens with zero attached hydrogens (tertiary/aromatic N) is 1. The number of hydrogen-bond acceptors (Lipinski definition) is 1. The van der Waals surface area contributed by atoms with Crippen LogP contribution in [0.4, 0.5) is 0 Å². The minimum atomic E-state index is 0.107. The van der Waals surface area contributed by atoms with Crippen molar-refractivity contribution in [3.63, 3.8) is 0 Å². The molecule has 0 aromatic heterocycles. The predicted octanol–water partition coefficient (Wildman–Crippen LogP) is 5.50. The molecule has 0 saturated carbocycles. The van der Waals surface area contributed by atoms with E-state index in [1.165, 1.54) is 19.3 Å². The van der Waals surface area contributed by atoms with E-state index in [9.17, 15) is 0 Å². The second-order valence-corrected chi connectivity index (χ2v) is 6.33. The van der Waals surface area contributed by atoms with Crippen molar-refractivity contribution in [1.82, 2.24) is 4.90 Å². The third kappa shape index (κ3) is 3.85. The van der Waals surface area contributed by atoms with Gasteiger partial charge < -0.3 is 0 Å². The van der Waals surface area contributed by atoms with Gasteiger partial charge in [0.1, 0.15) is 0 Å². The summed E-state index contributed by atoms with van der Waals surface area (Å²) in [5.41, 5.74) is 1.69. The lowest BCUT2D eigenvalue weighted by Gasteiger charge is -2.47. The summed E-state index contributed by atoms with van der Waals surface area (Å²) < 4.78 is 0. The fourth-order valence-corrected chi connectivity index (χ4v) is 3.65. The predicted molar refractivity (Wildman–Crippen MR) is 91.0 cm³/mol. The maximum atomic E-state index is 2.76. The zero-order valence-electron chi connectivity index (χ0n) is 14.3. The molecular formula is C19H33N. The highest BCUT2D eigenvalue weighted by molar-refractivity contribution is 5.28. The quantitative estimate of drug-likeness (QED) is 0.529. The Morgan fingerprint density at radius 2 is 1.85 bits per heavy atom. The fraction of sp³-hybridized carbons (Fsp3) is 0.684. The first kappa shape index (κ1) is 17.2. The summed E-state index contributed by atoms with van der Waals surface area (Å²) in [7, 11) is 0. The molecule has 0 saturated heterocycles. The molecule has 0 aliphatic heterocycles. The monoisotopic (exact) mass is 275 g/mol. The maximum absolute atomic E-state index is 2.76. The Hall–Kier alpha value is -0.820. The van der Waals surface area contributed by atoms with Crippen LogP contribution in [0.15, 0.2) is 36.0 Å². The molecule has 0 fully saturated rings. The molecule has 1 aliphatic rings. The van der Waals surface area contributed by atoms with Crippen LogP contribution in [0.2, 0.25) is 0 Å². The van der Waals surface area contributed by atoms with E-state index in [1.54, 1.807) is 5.57 Å². The molecule has 1 rings (SSSR count). The van der Waals surface area contributed by atoms with E-state index in [0.29, 0.717) is 12.1 Å². The van der Waals surface area contributed by atoms with Gasteiger partial charge in [-0.15, -0.1) is 0 Å². The van der Waals surface area contributed by atoms with Crippen LogP contribution in [0.5, 0.6) is 0 Å². The number of hydrogen-bond donors (Lipinski definition) is 0. The van der Waals surface area contributed by atoms with Crippen LogP contribution in [-0.4, -0.2) is 22.5 Å². The molecule has 0 radical (unpaired) electrons. The van der Waals surface area contributed by atoms with E-state index >= 15 is 0 Å². The maximum Gasteiger partial charge on any atom is 0.0343 e. The Balaban J connectivity index is 3.13. The van der Waals surface area contributed by atoms with Crippen molar-refractivity contribution in [2.24, 2.45) is 0 Å². The summed E-state index contributed by atoms with van der Waals surface area (Å²) in [4.78, 5) is 2.76. The van der Waals surface area contributed by atoms with E-state index in [0.717, 1.165) is 6.42 Å². The zero-order valence-corrected chi connectivity index (χ0v) is 14.3. The van der Waals surface area contributed by atoms with Gasteiger partial charge in [-0.25, -0.2) is 0 Å². The van der Waals surface area contributed by atoms with Gasteiger partial charge in [-0.3, -0.25) is 4.90 Å². The highest BCUT2D eigenvalue weighted by atomic mass is 15.2. The number of allylic oxidation sites excluding steroid dienone is 4. The SMILES string of the molecule is C/C=C\C(C)(C)N(C(CC)CC)C(CC)C1=CC=CC1. The minimum absolute atomic E-state index is 0.107. The molecule has 0 aromatic rings. The van der Waals surface area contributed by atoms with Crippen LogP contribution in [-0.2, 0) is 0 Å². The summed E-state index contributed by atoms with van der Waals surface area (Å²) in [6.45, 7) is 13.8. The Morgan fingerprint density at radius 3 is 2.25 bits per heavy atom. The molecule has 20 heavy (non-hydrogen) atoms. The highest BCUT2D eigenvalue weighted by Crippen LogP contribution is 2.32.